The van der Waals surface area contributed by atoms with Crippen molar-refractivity contribution in [3.05, 3.63) is 58.6 Å². The van der Waals surface area contributed by atoms with E-state index in [4.69, 9.17) is 16.3 Å². The smallest absolute Gasteiger partial charge is 0.305 e. The number of rotatable bonds is 5. The molecule has 0 atom stereocenters. The maximum atomic E-state index is 11.4. The van der Waals surface area contributed by atoms with E-state index in [1.165, 1.54) is 7.11 Å². The van der Waals surface area contributed by atoms with Crippen molar-refractivity contribution in [3.63, 3.8) is 0 Å². The zero-order valence-corrected chi connectivity index (χ0v) is 14.6. The van der Waals surface area contributed by atoms with Crippen LogP contribution in [-0.2, 0) is 16.0 Å². The van der Waals surface area contributed by atoms with E-state index < -0.39 is 0 Å². The Labute approximate surface area is 151 Å². The number of hydrogen-bond acceptors (Lipinski definition) is 3. The average Bonchev–Trinajstić information content (AvgIpc) is 3.00. The summed E-state index contributed by atoms with van der Waals surface area (Å²) in [6, 6.07) is 15.4. The molecule has 0 aliphatic rings. The van der Waals surface area contributed by atoms with Crippen LogP contribution in [0.1, 0.15) is 24.0 Å². The van der Waals surface area contributed by atoms with Gasteiger partial charge in [0.25, 0.3) is 0 Å². The van der Waals surface area contributed by atoms with Crippen LogP contribution in [-0.4, -0.2) is 18.1 Å². The number of benzene rings is 2. The summed E-state index contributed by atoms with van der Waals surface area (Å²) >= 11 is 5.99. The molecular weight excluding hydrogens is 336 g/mol. The number of esters is 1. The molecular formula is C20H17ClN2O2. The first-order chi connectivity index (χ1) is 12.1. The number of hydrogen-bond donors (Lipinski definition) is 1. The zero-order valence-electron chi connectivity index (χ0n) is 13.8. The minimum Gasteiger partial charge on any atom is -0.469 e. The number of nitrogens with zero attached hydrogens (tertiary/aromatic N) is 1. The quantitative estimate of drug-likeness (QED) is 0.667. The minimum absolute atomic E-state index is 0.217. The molecule has 3 aromatic rings. The first-order valence-corrected chi connectivity index (χ1v) is 8.37. The van der Waals surface area contributed by atoms with Gasteiger partial charge in [-0.2, -0.15) is 5.26 Å². The lowest BCUT2D eigenvalue weighted by atomic mass is 9.99. The van der Waals surface area contributed by atoms with Crippen molar-refractivity contribution in [1.82, 2.24) is 4.98 Å². The third-order valence-corrected chi connectivity index (χ3v) is 4.46. The maximum Gasteiger partial charge on any atom is 0.305 e. The van der Waals surface area contributed by atoms with Crippen molar-refractivity contribution in [1.29, 1.82) is 5.26 Å². The van der Waals surface area contributed by atoms with Gasteiger partial charge >= 0.3 is 5.97 Å². The van der Waals surface area contributed by atoms with Crippen LogP contribution in [0.2, 0.25) is 5.02 Å². The van der Waals surface area contributed by atoms with E-state index in [0.717, 1.165) is 27.7 Å². The van der Waals surface area contributed by atoms with Gasteiger partial charge in [0.2, 0.25) is 0 Å². The van der Waals surface area contributed by atoms with Crippen LogP contribution in [0.15, 0.2) is 42.5 Å². The number of carbonyl (C=O) groups excluding carboxylic acids is 1. The third-order valence-electron chi connectivity index (χ3n) is 4.20. The fraction of sp³-hybridized carbons (Fsp3) is 0.200. The molecule has 0 radical (unpaired) electrons. The Hall–Kier alpha value is -2.77. The number of carbonyl (C=O) groups is 1. The van der Waals surface area contributed by atoms with Crippen LogP contribution >= 0.6 is 11.6 Å². The van der Waals surface area contributed by atoms with Crippen molar-refractivity contribution in [2.75, 3.05) is 7.11 Å². The topological polar surface area (TPSA) is 65.9 Å². The zero-order chi connectivity index (χ0) is 17.8. The number of nitrogens with one attached hydrogen (secondary N) is 1. The van der Waals surface area contributed by atoms with Crippen molar-refractivity contribution in [2.24, 2.45) is 0 Å². The van der Waals surface area contributed by atoms with Crippen LogP contribution in [0.5, 0.6) is 0 Å². The molecule has 126 valence electrons. The number of aromatic nitrogens is 1. The molecule has 0 unspecified atom stereocenters. The lowest BCUT2D eigenvalue weighted by molar-refractivity contribution is -0.140. The van der Waals surface area contributed by atoms with Gasteiger partial charge in [-0.25, -0.2) is 0 Å². The SMILES string of the molecule is COC(=O)CCCc1c(-c2ccc(Cl)cc2)[nH]c2ccc(C#N)cc12. The normalized spacial score (nSPS) is 10.6. The Morgan fingerprint density at radius 1 is 1.24 bits per heavy atom. The molecule has 0 aliphatic heterocycles. The summed E-state index contributed by atoms with van der Waals surface area (Å²) in [6.07, 6.45) is 1.75. The van der Waals surface area contributed by atoms with Gasteiger partial charge < -0.3 is 9.72 Å². The lowest BCUT2D eigenvalue weighted by Crippen LogP contribution is -2.00. The van der Waals surface area contributed by atoms with Gasteiger partial charge in [-0.15, -0.1) is 0 Å². The molecule has 5 heteroatoms. The van der Waals surface area contributed by atoms with Gasteiger partial charge in [0.15, 0.2) is 0 Å². The molecule has 0 fully saturated rings. The second-order valence-electron chi connectivity index (χ2n) is 5.79. The Balaban J connectivity index is 2.05. The highest BCUT2D eigenvalue weighted by molar-refractivity contribution is 6.30. The van der Waals surface area contributed by atoms with Crippen molar-refractivity contribution in [2.45, 2.75) is 19.3 Å². The van der Waals surface area contributed by atoms with E-state index in [1.54, 1.807) is 6.07 Å². The summed E-state index contributed by atoms with van der Waals surface area (Å²) in [5.74, 6) is -0.217. The second-order valence-corrected chi connectivity index (χ2v) is 6.22. The van der Waals surface area contributed by atoms with Gasteiger partial charge in [-0.3, -0.25) is 4.79 Å². The minimum atomic E-state index is -0.217. The molecule has 0 aliphatic carbocycles. The highest BCUT2D eigenvalue weighted by Crippen LogP contribution is 2.32. The molecule has 0 bridgehead atoms. The van der Waals surface area contributed by atoms with E-state index in [0.29, 0.717) is 29.8 Å². The van der Waals surface area contributed by atoms with Crippen molar-refractivity contribution < 1.29 is 9.53 Å². The molecule has 0 amide bonds. The first kappa shape index (κ1) is 17.1. The van der Waals surface area contributed by atoms with Gasteiger partial charge in [0, 0.05) is 28.0 Å². The monoisotopic (exact) mass is 352 g/mol. The Morgan fingerprint density at radius 3 is 2.68 bits per heavy atom. The average molecular weight is 353 g/mol. The van der Waals surface area contributed by atoms with Crippen molar-refractivity contribution in [3.8, 4) is 17.3 Å². The molecule has 0 saturated carbocycles. The summed E-state index contributed by atoms with van der Waals surface area (Å²) < 4.78 is 4.72. The number of ether oxygens (including phenoxy) is 1. The summed E-state index contributed by atoms with van der Waals surface area (Å²) in [5, 5.41) is 10.9. The lowest BCUT2D eigenvalue weighted by Gasteiger charge is -2.06. The largest absolute Gasteiger partial charge is 0.469 e. The first-order valence-electron chi connectivity index (χ1n) is 8.00. The molecule has 25 heavy (non-hydrogen) atoms. The Bertz CT molecular complexity index is 952. The molecule has 2 aromatic carbocycles. The maximum absolute atomic E-state index is 11.4. The number of H-pyrrole nitrogens is 1. The summed E-state index contributed by atoms with van der Waals surface area (Å²) in [6.45, 7) is 0. The van der Waals surface area contributed by atoms with Crippen LogP contribution in [0.3, 0.4) is 0 Å². The van der Waals surface area contributed by atoms with Crippen LogP contribution in [0.4, 0.5) is 0 Å². The third kappa shape index (κ3) is 3.67. The fourth-order valence-electron chi connectivity index (χ4n) is 2.95. The van der Waals surface area contributed by atoms with E-state index in [-0.39, 0.29) is 5.97 Å². The molecule has 0 saturated heterocycles. The van der Waals surface area contributed by atoms with Gasteiger partial charge in [0.05, 0.1) is 18.7 Å². The number of halogens is 1. The van der Waals surface area contributed by atoms with Gasteiger partial charge in [-0.1, -0.05) is 23.7 Å². The van der Waals surface area contributed by atoms with E-state index in [1.807, 2.05) is 36.4 Å². The van der Waals surface area contributed by atoms with Crippen LogP contribution < -0.4 is 0 Å². The Morgan fingerprint density at radius 2 is 2.00 bits per heavy atom. The highest BCUT2D eigenvalue weighted by Gasteiger charge is 2.14. The number of aromatic amines is 1. The second kappa shape index (κ2) is 7.42. The van der Waals surface area contributed by atoms with Gasteiger partial charge in [0.1, 0.15) is 0 Å². The van der Waals surface area contributed by atoms with Crippen LogP contribution in [0.25, 0.3) is 22.2 Å². The molecule has 1 heterocycles. The summed E-state index contributed by atoms with van der Waals surface area (Å²) in [7, 11) is 1.40. The van der Waals surface area contributed by atoms with E-state index in [2.05, 4.69) is 11.1 Å². The highest BCUT2D eigenvalue weighted by atomic mass is 35.5. The standard InChI is InChI=1S/C20H17ClN2O2/c1-25-19(24)4-2-3-16-17-11-13(12-22)5-10-18(17)23-20(16)14-6-8-15(21)9-7-14/h5-11,23H,2-4H2,1H3. The predicted molar refractivity (Wildman–Crippen MR) is 98.4 cm³/mol. The van der Waals surface area contributed by atoms with Gasteiger partial charge in [-0.05, 0) is 54.3 Å². The Kier molecular flexibility index (Phi) is 5.06. The summed E-state index contributed by atoms with van der Waals surface area (Å²) in [4.78, 5) is 14.8. The predicted octanol–water partition coefficient (Wildman–Crippen LogP) is 4.86. The number of methoxy groups -OCH3 is 1. The molecule has 1 aromatic heterocycles. The molecule has 3 rings (SSSR count). The molecule has 0 spiro atoms. The molecule has 1 N–H and O–H groups in total. The van der Waals surface area contributed by atoms with E-state index in [9.17, 15) is 10.1 Å². The van der Waals surface area contributed by atoms with Crippen LogP contribution in [0, 0.1) is 11.3 Å². The number of nitriles is 1. The summed E-state index contributed by atoms with van der Waals surface area (Å²) in [5.41, 5.74) is 4.69. The van der Waals surface area contributed by atoms with E-state index >= 15 is 0 Å². The number of fused-ring (bicyclic) bond motifs is 1. The number of aryl methyl sites for hydroxylation is 1. The fourth-order valence-corrected chi connectivity index (χ4v) is 3.08. The molecule has 4 nitrogen and oxygen atoms in total. The van der Waals surface area contributed by atoms with Crippen molar-refractivity contribution >= 4 is 28.5 Å².